The predicted molar refractivity (Wildman–Crippen MR) is 102 cm³/mol. The van der Waals surface area contributed by atoms with Crippen LogP contribution >= 0.6 is 0 Å². The van der Waals surface area contributed by atoms with Crippen LogP contribution in [0, 0.1) is 5.92 Å². The van der Waals surface area contributed by atoms with Gasteiger partial charge in [-0.2, -0.15) is 0 Å². The van der Waals surface area contributed by atoms with Crippen LogP contribution in [-0.2, 0) is 9.53 Å². The second kappa shape index (κ2) is 8.21. The van der Waals surface area contributed by atoms with Crippen molar-refractivity contribution < 1.29 is 19.4 Å². The average Bonchev–Trinajstić information content (AvgIpc) is 2.54. The molecular formula is C21H27NO4. The number of aliphatic carboxylic acids is 1. The molecule has 0 aromatic heterocycles. The molecule has 2 atom stereocenters. The van der Waals surface area contributed by atoms with Crippen LogP contribution in [0.2, 0.25) is 0 Å². The van der Waals surface area contributed by atoms with Crippen molar-refractivity contribution in [1.82, 2.24) is 5.32 Å². The number of carbonyl (C=O) groups excluding carboxylic acids is 1. The summed E-state index contributed by atoms with van der Waals surface area (Å²) < 4.78 is 5.16. The first-order valence-corrected chi connectivity index (χ1v) is 8.83. The van der Waals surface area contributed by atoms with Gasteiger partial charge in [0, 0.05) is 6.42 Å². The largest absolute Gasteiger partial charge is 0.480 e. The van der Waals surface area contributed by atoms with Crippen molar-refractivity contribution in [2.24, 2.45) is 5.92 Å². The van der Waals surface area contributed by atoms with Crippen molar-refractivity contribution in [2.45, 2.75) is 52.2 Å². The zero-order valence-corrected chi connectivity index (χ0v) is 15.8. The van der Waals surface area contributed by atoms with Gasteiger partial charge in [-0.15, -0.1) is 0 Å². The predicted octanol–water partition coefficient (Wildman–Crippen LogP) is 4.40. The van der Waals surface area contributed by atoms with E-state index in [0.29, 0.717) is 0 Å². The molecule has 2 rings (SSSR count). The van der Waals surface area contributed by atoms with E-state index >= 15 is 0 Å². The van der Waals surface area contributed by atoms with Crippen LogP contribution in [0.3, 0.4) is 0 Å². The summed E-state index contributed by atoms with van der Waals surface area (Å²) in [4.78, 5) is 23.5. The lowest BCUT2D eigenvalue weighted by Gasteiger charge is -2.26. The molecular weight excluding hydrogens is 330 g/mol. The van der Waals surface area contributed by atoms with Gasteiger partial charge in [0.2, 0.25) is 0 Å². The molecule has 5 nitrogen and oxygen atoms in total. The van der Waals surface area contributed by atoms with E-state index in [-0.39, 0.29) is 12.3 Å². The van der Waals surface area contributed by atoms with Gasteiger partial charge in [-0.25, -0.2) is 9.59 Å². The van der Waals surface area contributed by atoms with Crippen molar-refractivity contribution in [2.75, 3.05) is 0 Å². The van der Waals surface area contributed by atoms with E-state index in [2.05, 4.69) is 24.4 Å². The van der Waals surface area contributed by atoms with Gasteiger partial charge < -0.3 is 15.2 Å². The van der Waals surface area contributed by atoms with Crippen LogP contribution in [0.4, 0.5) is 4.79 Å². The van der Waals surface area contributed by atoms with Gasteiger partial charge in [0.05, 0.1) is 0 Å². The molecule has 1 aromatic carbocycles. The Hall–Kier alpha value is -2.56. The van der Waals surface area contributed by atoms with E-state index < -0.39 is 23.7 Å². The smallest absolute Gasteiger partial charge is 0.408 e. The second-order valence-corrected chi connectivity index (χ2v) is 7.65. The fourth-order valence-corrected chi connectivity index (χ4v) is 2.92. The van der Waals surface area contributed by atoms with Crippen LogP contribution in [0.15, 0.2) is 48.1 Å². The van der Waals surface area contributed by atoms with Crippen LogP contribution in [-0.4, -0.2) is 28.8 Å². The van der Waals surface area contributed by atoms with Gasteiger partial charge in [0.15, 0.2) is 0 Å². The van der Waals surface area contributed by atoms with Crippen LogP contribution in [0.5, 0.6) is 0 Å². The first kappa shape index (κ1) is 19.8. The number of allylic oxidation sites excluding steroid dienone is 3. The summed E-state index contributed by atoms with van der Waals surface area (Å²) in [6, 6.07) is 9.13. The molecule has 0 radical (unpaired) electrons. The molecule has 0 spiro atoms. The van der Waals surface area contributed by atoms with Gasteiger partial charge in [-0.3, -0.25) is 0 Å². The molecule has 140 valence electrons. The van der Waals surface area contributed by atoms with Crippen LogP contribution in [0.25, 0.3) is 5.57 Å². The van der Waals surface area contributed by atoms with E-state index in [4.69, 9.17) is 4.74 Å². The fraction of sp³-hybridized carbons (Fsp3) is 0.429. The quantitative estimate of drug-likeness (QED) is 0.819. The Morgan fingerprint density at radius 1 is 1.23 bits per heavy atom. The maximum atomic E-state index is 11.9. The summed E-state index contributed by atoms with van der Waals surface area (Å²) in [7, 11) is 0. The minimum atomic E-state index is -1.07. The second-order valence-electron chi connectivity index (χ2n) is 7.65. The maximum Gasteiger partial charge on any atom is 0.408 e. The van der Waals surface area contributed by atoms with Crippen molar-refractivity contribution in [3.8, 4) is 0 Å². The van der Waals surface area contributed by atoms with E-state index in [9.17, 15) is 14.7 Å². The summed E-state index contributed by atoms with van der Waals surface area (Å²) >= 11 is 0. The molecule has 1 unspecified atom stereocenters. The van der Waals surface area contributed by atoms with Gasteiger partial charge >= 0.3 is 12.1 Å². The first-order valence-electron chi connectivity index (χ1n) is 8.83. The third kappa shape index (κ3) is 5.76. The Labute approximate surface area is 154 Å². The fourth-order valence-electron chi connectivity index (χ4n) is 2.92. The molecule has 2 N–H and O–H groups in total. The topological polar surface area (TPSA) is 75.6 Å². The Morgan fingerprint density at radius 2 is 1.88 bits per heavy atom. The highest BCUT2D eigenvalue weighted by Gasteiger charge is 2.27. The molecule has 1 aliphatic carbocycles. The molecule has 0 bridgehead atoms. The highest BCUT2D eigenvalue weighted by Crippen LogP contribution is 2.33. The minimum Gasteiger partial charge on any atom is -0.480 e. The molecule has 0 saturated carbocycles. The third-order valence-electron chi connectivity index (χ3n) is 4.23. The normalized spacial score (nSPS) is 18.4. The van der Waals surface area contributed by atoms with Gasteiger partial charge in [-0.1, -0.05) is 55.0 Å². The number of carbonyl (C=O) groups is 2. The number of carboxylic acids is 1. The minimum absolute atomic E-state index is 0.206. The summed E-state index contributed by atoms with van der Waals surface area (Å²) in [5.74, 6) is -0.862. The van der Waals surface area contributed by atoms with Gasteiger partial charge in [0.1, 0.15) is 11.6 Å². The number of hydrogen-bond donors (Lipinski definition) is 2. The van der Waals surface area contributed by atoms with Gasteiger partial charge in [0.25, 0.3) is 0 Å². The van der Waals surface area contributed by atoms with Crippen molar-refractivity contribution in [1.29, 1.82) is 0 Å². The number of nitrogens with one attached hydrogen (secondary N) is 1. The summed E-state index contributed by atoms with van der Waals surface area (Å²) in [6.45, 7) is 7.30. The zero-order valence-electron chi connectivity index (χ0n) is 15.8. The molecule has 0 heterocycles. The van der Waals surface area contributed by atoms with Crippen LogP contribution in [0.1, 0.15) is 46.1 Å². The molecule has 1 aromatic rings. The highest BCUT2D eigenvalue weighted by atomic mass is 16.6. The zero-order chi connectivity index (χ0) is 19.3. The SMILES string of the molecule is CC1CC(c2ccccc2)=CC=C1C[C@@H](NC(=O)OC(C)(C)C)C(=O)O. The summed E-state index contributed by atoms with van der Waals surface area (Å²) in [5, 5.41) is 11.9. The summed E-state index contributed by atoms with van der Waals surface area (Å²) in [6.07, 6.45) is 4.40. The average molecular weight is 357 g/mol. The van der Waals surface area contributed by atoms with Crippen LogP contribution < -0.4 is 5.32 Å². The first-order chi connectivity index (χ1) is 12.2. The van der Waals surface area contributed by atoms with E-state index in [1.54, 1.807) is 20.8 Å². The number of hydrogen-bond acceptors (Lipinski definition) is 3. The molecule has 5 heteroatoms. The van der Waals surface area contributed by atoms with E-state index in [0.717, 1.165) is 12.0 Å². The Morgan fingerprint density at radius 3 is 2.42 bits per heavy atom. The number of alkyl carbamates (subject to hydrolysis) is 1. The number of rotatable bonds is 5. The lowest BCUT2D eigenvalue weighted by molar-refractivity contribution is -0.139. The third-order valence-corrected chi connectivity index (χ3v) is 4.23. The number of amides is 1. The van der Waals surface area contributed by atoms with Gasteiger partial charge in [-0.05, 0) is 44.2 Å². The monoisotopic (exact) mass is 357 g/mol. The Balaban J connectivity index is 2.08. The van der Waals surface area contributed by atoms with E-state index in [1.807, 2.05) is 30.4 Å². The number of benzene rings is 1. The number of carboxylic acid groups (broad SMARTS) is 1. The molecule has 0 saturated heterocycles. The lowest BCUT2D eigenvalue weighted by Crippen LogP contribution is -2.44. The Kier molecular flexibility index (Phi) is 6.24. The lowest BCUT2D eigenvalue weighted by atomic mass is 9.83. The highest BCUT2D eigenvalue weighted by molar-refractivity contribution is 5.80. The van der Waals surface area contributed by atoms with Crippen molar-refractivity contribution in [3.05, 3.63) is 53.6 Å². The standard InChI is InChI=1S/C21H27NO4/c1-14-12-17(15-8-6-5-7-9-15)11-10-16(14)13-18(19(23)24)22-20(25)26-21(2,3)4/h5-11,14,18H,12-13H2,1-4H3,(H,22,25)(H,23,24)/t14?,18-/m1/s1. The molecule has 0 aliphatic heterocycles. The maximum absolute atomic E-state index is 11.9. The molecule has 1 aliphatic rings. The van der Waals surface area contributed by atoms with E-state index in [1.165, 1.54) is 11.1 Å². The number of ether oxygens (including phenoxy) is 1. The molecule has 26 heavy (non-hydrogen) atoms. The Bertz CT molecular complexity index is 713. The van der Waals surface area contributed by atoms with Crippen molar-refractivity contribution in [3.63, 3.8) is 0 Å². The molecule has 1 amide bonds. The molecule has 0 fully saturated rings. The van der Waals surface area contributed by atoms with Crippen molar-refractivity contribution >= 4 is 17.6 Å². The summed E-state index contributed by atoms with van der Waals surface area (Å²) in [5.41, 5.74) is 2.75.